The van der Waals surface area contributed by atoms with E-state index in [2.05, 4.69) is 30.9 Å². The van der Waals surface area contributed by atoms with Crippen LogP contribution >= 0.6 is 24.8 Å². The van der Waals surface area contributed by atoms with Crippen molar-refractivity contribution in [2.45, 2.75) is 25.4 Å². The van der Waals surface area contributed by atoms with Gasteiger partial charge < -0.3 is 10.6 Å². The van der Waals surface area contributed by atoms with Gasteiger partial charge in [-0.25, -0.2) is 9.67 Å². The summed E-state index contributed by atoms with van der Waals surface area (Å²) in [7, 11) is 0. The molecule has 1 aromatic carbocycles. The van der Waals surface area contributed by atoms with Crippen LogP contribution in [0.4, 0.5) is 0 Å². The standard InChI is InChI=1S/C18H21N7O.2ClH/c26-18(17-7-16(23-24-17)14-5-6-19-8-14)21-9-13-3-1-2-4-15(13)10-25-12-20-11-22-25;;/h1-4,7,11-12,14,19H,5-6,8-10H2,(H,21,26)(H,23,24);2*1H. The van der Waals surface area contributed by atoms with Crippen molar-refractivity contribution in [2.24, 2.45) is 0 Å². The topological polar surface area (TPSA) is 101 Å². The van der Waals surface area contributed by atoms with Crippen molar-refractivity contribution in [3.63, 3.8) is 0 Å². The van der Waals surface area contributed by atoms with Gasteiger partial charge in [-0.05, 0) is 30.2 Å². The van der Waals surface area contributed by atoms with Crippen molar-refractivity contribution < 1.29 is 4.79 Å². The number of carbonyl (C=O) groups excluding carboxylic acids is 1. The molecule has 0 bridgehead atoms. The number of nitrogens with zero attached hydrogens (tertiary/aromatic N) is 4. The van der Waals surface area contributed by atoms with Gasteiger partial charge in [-0.1, -0.05) is 24.3 Å². The zero-order valence-electron chi connectivity index (χ0n) is 15.2. The third kappa shape index (κ3) is 5.09. The Morgan fingerprint density at radius 3 is 2.79 bits per heavy atom. The van der Waals surface area contributed by atoms with Crippen molar-refractivity contribution in [1.29, 1.82) is 0 Å². The number of H-pyrrole nitrogens is 1. The number of benzene rings is 1. The monoisotopic (exact) mass is 423 g/mol. The minimum Gasteiger partial charge on any atom is -0.347 e. The third-order valence-corrected chi connectivity index (χ3v) is 4.69. The minimum absolute atomic E-state index is 0. The molecule has 0 saturated carbocycles. The van der Waals surface area contributed by atoms with Gasteiger partial charge in [-0.15, -0.1) is 24.8 Å². The summed E-state index contributed by atoms with van der Waals surface area (Å²) in [6.45, 7) is 3.00. The number of aromatic amines is 1. The maximum absolute atomic E-state index is 12.4. The summed E-state index contributed by atoms with van der Waals surface area (Å²) in [6, 6.07) is 9.84. The number of hydrogen-bond donors (Lipinski definition) is 3. The molecule has 8 nitrogen and oxygen atoms in total. The molecule has 10 heteroatoms. The lowest BCUT2D eigenvalue weighted by Crippen LogP contribution is -2.24. The highest BCUT2D eigenvalue weighted by atomic mass is 35.5. The van der Waals surface area contributed by atoms with Crippen molar-refractivity contribution in [2.75, 3.05) is 13.1 Å². The van der Waals surface area contributed by atoms with Crippen molar-refractivity contribution in [3.05, 3.63) is 65.5 Å². The summed E-state index contributed by atoms with van der Waals surface area (Å²) >= 11 is 0. The number of rotatable bonds is 6. The Kier molecular flexibility index (Phi) is 7.98. The summed E-state index contributed by atoms with van der Waals surface area (Å²) in [6.07, 6.45) is 4.26. The highest BCUT2D eigenvalue weighted by Gasteiger charge is 2.20. The second kappa shape index (κ2) is 10.2. The second-order valence-corrected chi connectivity index (χ2v) is 6.44. The molecule has 1 amide bonds. The van der Waals surface area contributed by atoms with E-state index in [0.717, 1.165) is 36.3 Å². The molecular formula is C18H23Cl2N7O. The molecule has 3 aromatic rings. The zero-order chi connectivity index (χ0) is 17.8. The van der Waals surface area contributed by atoms with E-state index >= 15 is 0 Å². The van der Waals surface area contributed by atoms with Gasteiger partial charge >= 0.3 is 0 Å². The molecule has 0 radical (unpaired) electrons. The Bertz CT molecular complexity index is 876. The predicted molar refractivity (Wildman–Crippen MR) is 110 cm³/mol. The van der Waals surface area contributed by atoms with Gasteiger partial charge in [0.1, 0.15) is 18.3 Å². The quantitative estimate of drug-likeness (QED) is 0.561. The van der Waals surface area contributed by atoms with E-state index in [1.54, 1.807) is 11.0 Å². The average Bonchev–Trinajstić information content (AvgIpc) is 3.41. The van der Waals surface area contributed by atoms with E-state index in [1.165, 1.54) is 6.33 Å². The van der Waals surface area contributed by atoms with Crippen molar-refractivity contribution >= 4 is 30.7 Å². The Morgan fingerprint density at radius 1 is 1.25 bits per heavy atom. The molecule has 1 aliphatic heterocycles. The first-order valence-corrected chi connectivity index (χ1v) is 8.73. The van der Waals surface area contributed by atoms with E-state index in [0.29, 0.717) is 24.7 Å². The molecule has 2 aromatic heterocycles. The Labute approximate surface area is 175 Å². The number of aromatic nitrogens is 5. The lowest BCUT2D eigenvalue weighted by Gasteiger charge is -2.10. The number of halogens is 2. The summed E-state index contributed by atoms with van der Waals surface area (Å²) in [5.41, 5.74) is 3.59. The van der Waals surface area contributed by atoms with Crippen LogP contribution in [0.25, 0.3) is 0 Å². The lowest BCUT2D eigenvalue weighted by atomic mass is 10.0. The average molecular weight is 424 g/mol. The van der Waals surface area contributed by atoms with Crippen LogP contribution < -0.4 is 10.6 Å². The van der Waals surface area contributed by atoms with Gasteiger partial charge in [0.2, 0.25) is 0 Å². The van der Waals surface area contributed by atoms with Crippen molar-refractivity contribution in [1.82, 2.24) is 35.6 Å². The summed E-state index contributed by atoms with van der Waals surface area (Å²) < 4.78 is 1.76. The van der Waals surface area contributed by atoms with Crippen LogP contribution in [0.3, 0.4) is 0 Å². The highest BCUT2D eigenvalue weighted by molar-refractivity contribution is 5.92. The molecule has 0 aliphatic carbocycles. The smallest absolute Gasteiger partial charge is 0.272 e. The Hall–Kier alpha value is -2.42. The SMILES string of the molecule is Cl.Cl.O=C(NCc1ccccc1Cn1cncn1)c1cc(C2CCNC2)[nH]n1. The largest absolute Gasteiger partial charge is 0.347 e. The summed E-state index contributed by atoms with van der Waals surface area (Å²) in [4.78, 5) is 16.4. The minimum atomic E-state index is -0.172. The van der Waals surface area contributed by atoms with E-state index < -0.39 is 0 Å². The molecule has 4 rings (SSSR count). The van der Waals surface area contributed by atoms with Crippen LogP contribution in [0.5, 0.6) is 0 Å². The molecular weight excluding hydrogens is 401 g/mol. The normalized spacial score (nSPS) is 15.5. The maximum atomic E-state index is 12.4. The van der Waals surface area contributed by atoms with Crippen LogP contribution in [-0.2, 0) is 13.1 Å². The Balaban J connectivity index is 0.00000140. The van der Waals surface area contributed by atoms with E-state index in [9.17, 15) is 4.79 Å². The second-order valence-electron chi connectivity index (χ2n) is 6.44. The van der Waals surface area contributed by atoms with Gasteiger partial charge in [-0.3, -0.25) is 9.89 Å². The molecule has 1 saturated heterocycles. The first kappa shape index (κ1) is 21.9. The van der Waals surface area contributed by atoms with Crippen LogP contribution in [0.2, 0.25) is 0 Å². The van der Waals surface area contributed by atoms with Gasteiger partial charge in [0, 0.05) is 24.7 Å². The fourth-order valence-electron chi connectivity index (χ4n) is 3.22. The van der Waals surface area contributed by atoms with E-state index in [1.807, 2.05) is 30.3 Å². The van der Waals surface area contributed by atoms with Crippen LogP contribution in [0, 0.1) is 0 Å². The summed E-state index contributed by atoms with van der Waals surface area (Å²) in [5.74, 6) is 0.237. The molecule has 1 atom stereocenters. The van der Waals surface area contributed by atoms with Crippen LogP contribution in [-0.4, -0.2) is 44.0 Å². The fourth-order valence-corrected chi connectivity index (χ4v) is 3.22. The molecule has 28 heavy (non-hydrogen) atoms. The number of amides is 1. The molecule has 3 N–H and O–H groups in total. The first-order chi connectivity index (χ1) is 12.8. The number of carbonyl (C=O) groups is 1. The van der Waals surface area contributed by atoms with Gasteiger partial charge in [-0.2, -0.15) is 10.2 Å². The predicted octanol–water partition coefficient (Wildman–Crippen LogP) is 1.90. The third-order valence-electron chi connectivity index (χ3n) is 4.69. The first-order valence-electron chi connectivity index (χ1n) is 8.73. The van der Waals surface area contributed by atoms with E-state index in [-0.39, 0.29) is 30.7 Å². The van der Waals surface area contributed by atoms with E-state index in [4.69, 9.17) is 0 Å². The molecule has 150 valence electrons. The number of hydrogen-bond acceptors (Lipinski definition) is 5. The summed E-state index contributed by atoms with van der Waals surface area (Å²) in [5, 5.41) is 17.6. The molecule has 1 unspecified atom stereocenters. The van der Waals surface area contributed by atoms with Gasteiger partial charge in [0.25, 0.3) is 5.91 Å². The zero-order valence-corrected chi connectivity index (χ0v) is 16.8. The number of nitrogens with one attached hydrogen (secondary N) is 3. The fraction of sp³-hybridized carbons (Fsp3) is 0.333. The Morgan fingerprint density at radius 2 is 2.07 bits per heavy atom. The molecule has 0 spiro atoms. The maximum Gasteiger partial charge on any atom is 0.272 e. The van der Waals surface area contributed by atoms with Crippen LogP contribution in [0.15, 0.2) is 43.0 Å². The highest BCUT2D eigenvalue weighted by Crippen LogP contribution is 2.20. The molecule has 1 fully saturated rings. The van der Waals surface area contributed by atoms with Crippen molar-refractivity contribution in [3.8, 4) is 0 Å². The van der Waals surface area contributed by atoms with Crippen LogP contribution in [0.1, 0.15) is 39.6 Å². The molecule has 1 aliphatic rings. The lowest BCUT2D eigenvalue weighted by molar-refractivity contribution is 0.0946. The van der Waals surface area contributed by atoms with Gasteiger partial charge in [0.15, 0.2) is 0 Å². The molecule has 3 heterocycles. The van der Waals surface area contributed by atoms with Gasteiger partial charge in [0.05, 0.1) is 6.54 Å².